The normalized spacial score (nSPS) is 14.8. The van der Waals surface area contributed by atoms with Crippen molar-refractivity contribution in [2.45, 2.75) is 17.9 Å². The van der Waals surface area contributed by atoms with Crippen LogP contribution in [0.1, 0.15) is 12.5 Å². The van der Waals surface area contributed by atoms with Gasteiger partial charge in [-0.3, -0.25) is 4.21 Å². The molecule has 0 spiro atoms. The fourth-order valence-electron chi connectivity index (χ4n) is 1.62. The molecule has 0 aliphatic rings. The summed E-state index contributed by atoms with van der Waals surface area (Å²) in [4.78, 5) is -0.0607. The lowest BCUT2D eigenvalue weighted by Gasteiger charge is -2.24. The van der Waals surface area contributed by atoms with Crippen LogP contribution in [0, 0.1) is 11.3 Å². The lowest BCUT2D eigenvalue weighted by atomic mass is 10.2. The Balaban J connectivity index is 3.17. The van der Waals surface area contributed by atoms with Crippen molar-refractivity contribution in [2.75, 3.05) is 19.1 Å². The quantitative estimate of drug-likeness (QED) is 0.819. The molecule has 1 rings (SSSR count). The minimum absolute atomic E-state index is 0.000668. The minimum atomic E-state index is -3.78. The Morgan fingerprint density at radius 1 is 1.50 bits per heavy atom. The van der Waals surface area contributed by atoms with Crippen LogP contribution >= 0.6 is 11.6 Å². The van der Waals surface area contributed by atoms with Crippen molar-refractivity contribution in [3.05, 3.63) is 28.8 Å². The van der Waals surface area contributed by atoms with Gasteiger partial charge in [-0.1, -0.05) is 11.6 Å². The number of sulfonamides is 1. The molecular formula is C12H15ClN2O3S2. The van der Waals surface area contributed by atoms with Gasteiger partial charge >= 0.3 is 0 Å². The van der Waals surface area contributed by atoms with E-state index in [9.17, 15) is 12.6 Å². The zero-order valence-corrected chi connectivity index (χ0v) is 13.7. The third-order valence-electron chi connectivity index (χ3n) is 2.81. The second-order valence-electron chi connectivity index (χ2n) is 4.37. The molecule has 0 fully saturated rings. The van der Waals surface area contributed by atoms with Crippen LogP contribution < -0.4 is 0 Å². The summed E-state index contributed by atoms with van der Waals surface area (Å²) in [5, 5.41) is 8.75. The van der Waals surface area contributed by atoms with E-state index >= 15 is 0 Å². The molecule has 8 heteroatoms. The van der Waals surface area contributed by atoms with E-state index in [0.29, 0.717) is 5.56 Å². The number of nitriles is 1. The van der Waals surface area contributed by atoms with E-state index in [0.717, 1.165) is 4.31 Å². The first-order valence-electron chi connectivity index (χ1n) is 5.68. The molecule has 0 aliphatic carbocycles. The molecular weight excluding hydrogens is 320 g/mol. The summed E-state index contributed by atoms with van der Waals surface area (Å²) in [5.41, 5.74) is 0.291. The van der Waals surface area contributed by atoms with Crippen LogP contribution in [0.3, 0.4) is 0 Å². The molecule has 0 aromatic heterocycles. The standard InChI is InChI=1S/C12H15ClN2O3S2/c1-9(8-19(3)16)15(2)20(17,18)12-5-4-10(7-14)6-11(12)13/h4-6,9H,8H2,1-3H3. The fraction of sp³-hybridized carbons (Fsp3) is 0.417. The number of hydrogen-bond acceptors (Lipinski definition) is 4. The lowest BCUT2D eigenvalue weighted by molar-refractivity contribution is 0.413. The summed E-state index contributed by atoms with van der Waals surface area (Å²) in [6.45, 7) is 1.68. The third-order valence-corrected chi connectivity index (χ3v) is 6.22. The molecule has 0 saturated heterocycles. The maximum atomic E-state index is 12.4. The van der Waals surface area contributed by atoms with Crippen LogP contribution in [0.5, 0.6) is 0 Å². The van der Waals surface area contributed by atoms with Crippen LogP contribution in [0.4, 0.5) is 0 Å². The van der Waals surface area contributed by atoms with Crippen molar-refractivity contribution in [3.63, 3.8) is 0 Å². The molecule has 0 heterocycles. The first-order chi connectivity index (χ1) is 9.20. The van der Waals surface area contributed by atoms with Gasteiger partial charge in [0.05, 0.1) is 16.7 Å². The van der Waals surface area contributed by atoms with Gasteiger partial charge in [-0.25, -0.2) is 8.42 Å². The van der Waals surface area contributed by atoms with Gasteiger partial charge in [0.15, 0.2) is 0 Å². The Labute approximate surface area is 126 Å². The fourth-order valence-corrected chi connectivity index (χ4v) is 4.49. The smallest absolute Gasteiger partial charge is 0.244 e. The monoisotopic (exact) mass is 334 g/mol. The second kappa shape index (κ2) is 6.68. The number of benzene rings is 1. The molecule has 0 amide bonds. The Kier molecular flexibility index (Phi) is 5.71. The highest BCUT2D eigenvalue weighted by Crippen LogP contribution is 2.26. The van der Waals surface area contributed by atoms with E-state index in [4.69, 9.17) is 16.9 Å². The molecule has 1 aromatic carbocycles. The van der Waals surface area contributed by atoms with E-state index in [1.807, 2.05) is 6.07 Å². The molecule has 20 heavy (non-hydrogen) atoms. The van der Waals surface area contributed by atoms with Crippen molar-refractivity contribution in [2.24, 2.45) is 0 Å². The zero-order valence-electron chi connectivity index (χ0n) is 11.3. The Bertz CT molecular complexity index is 668. The average Bonchev–Trinajstić information content (AvgIpc) is 2.36. The van der Waals surface area contributed by atoms with Gasteiger partial charge in [-0.2, -0.15) is 9.57 Å². The van der Waals surface area contributed by atoms with E-state index < -0.39 is 26.9 Å². The summed E-state index contributed by atoms with van der Waals surface area (Å²) in [6.07, 6.45) is 1.52. The van der Waals surface area contributed by atoms with Crippen LogP contribution in [-0.2, 0) is 20.8 Å². The summed E-state index contributed by atoms with van der Waals surface area (Å²) in [7, 11) is -3.46. The van der Waals surface area contributed by atoms with E-state index in [-0.39, 0.29) is 15.7 Å². The Hall–Kier alpha value is -0.940. The van der Waals surface area contributed by atoms with E-state index in [2.05, 4.69) is 0 Å². The predicted molar refractivity (Wildman–Crippen MR) is 79.5 cm³/mol. The van der Waals surface area contributed by atoms with Gasteiger partial charge < -0.3 is 0 Å². The molecule has 0 N–H and O–H groups in total. The van der Waals surface area contributed by atoms with Crippen molar-refractivity contribution in [1.29, 1.82) is 5.26 Å². The van der Waals surface area contributed by atoms with Crippen molar-refractivity contribution < 1.29 is 12.6 Å². The zero-order chi connectivity index (χ0) is 15.5. The maximum Gasteiger partial charge on any atom is 0.244 e. The number of nitrogens with zero attached hydrogens (tertiary/aromatic N) is 2. The summed E-state index contributed by atoms with van der Waals surface area (Å²) in [6, 6.07) is 5.49. The third kappa shape index (κ3) is 3.79. The first kappa shape index (κ1) is 17.1. The van der Waals surface area contributed by atoms with E-state index in [1.54, 1.807) is 6.92 Å². The van der Waals surface area contributed by atoms with Gasteiger partial charge in [0, 0.05) is 35.9 Å². The number of rotatable bonds is 5. The maximum absolute atomic E-state index is 12.4. The Morgan fingerprint density at radius 3 is 2.55 bits per heavy atom. The highest BCUT2D eigenvalue weighted by molar-refractivity contribution is 7.89. The summed E-state index contributed by atoms with van der Waals surface area (Å²) < 4.78 is 37.2. The molecule has 110 valence electrons. The Morgan fingerprint density at radius 2 is 2.10 bits per heavy atom. The molecule has 5 nitrogen and oxygen atoms in total. The van der Waals surface area contributed by atoms with Crippen molar-refractivity contribution >= 4 is 32.4 Å². The number of hydrogen-bond donors (Lipinski definition) is 0. The van der Waals surface area contributed by atoms with Gasteiger partial charge in [0.1, 0.15) is 4.90 Å². The van der Waals surface area contributed by atoms with Crippen molar-refractivity contribution in [1.82, 2.24) is 4.31 Å². The summed E-state index contributed by atoms with van der Waals surface area (Å²) >= 11 is 5.93. The topological polar surface area (TPSA) is 78.2 Å². The second-order valence-corrected chi connectivity index (χ2v) is 8.22. The molecule has 2 unspecified atom stereocenters. The van der Waals surface area contributed by atoms with Gasteiger partial charge in [0.2, 0.25) is 10.0 Å². The molecule has 0 saturated carbocycles. The lowest BCUT2D eigenvalue weighted by Crippen LogP contribution is -2.38. The van der Waals surface area contributed by atoms with E-state index in [1.165, 1.54) is 31.5 Å². The van der Waals surface area contributed by atoms with Gasteiger partial charge in [-0.05, 0) is 25.1 Å². The molecule has 0 bridgehead atoms. The SMILES string of the molecule is CC(CS(C)=O)N(C)S(=O)(=O)c1ccc(C#N)cc1Cl. The van der Waals surface area contributed by atoms with Gasteiger partial charge in [-0.15, -0.1) is 0 Å². The molecule has 0 aliphatic heterocycles. The molecule has 2 atom stereocenters. The van der Waals surface area contributed by atoms with Crippen LogP contribution in [0.2, 0.25) is 5.02 Å². The van der Waals surface area contributed by atoms with Crippen LogP contribution in [0.25, 0.3) is 0 Å². The minimum Gasteiger partial charge on any atom is -0.260 e. The highest BCUT2D eigenvalue weighted by Gasteiger charge is 2.28. The predicted octanol–water partition coefficient (Wildman–Crippen LogP) is 1.60. The highest BCUT2D eigenvalue weighted by atomic mass is 35.5. The first-order valence-corrected chi connectivity index (χ1v) is 9.22. The molecule has 0 radical (unpaired) electrons. The summed E-state index contributed by atoms with van der Waals surface area (Å²) in [5.74, 6) is 0.240. The largest absolute Gasteiger partial charge is 0.260 e. The van der Waals surface area contributed by atoms with Gasteiger partial charge in [0.25, 0.3) is 0 Å². The average molecular weight is 335 g/mol. The van der Waals surface area contributed by atoms with Crippen LogP contribution in [-0.4, -0.2) is 42.0 Å². The van der Waals surface area contributed by atoms with Crippen molar-refractivity contribution in [3.8, 4) is 6.07 Å². The molecule has 1 aromatic rings. The number of halogens is 1. The van der Waals surface area contributed by atoms with Crippen LogP contribution in [0.15, 0.2) is 23.1 Å².